The van der Waals surface area contributed by atoms with Crippen LogP contribution in [-0.2, 0) is 4.74 Å². The Kier molecular flexibility index (Phi) is 4.96. The molecule has 0 heterocycles. The van der Waals surface area contributed by atoms with Crippen molar-refractivity contribution in [3.63, 3.8) is 0 Å². The second kappa shape index (κ2) is 6.02. The van der Waals surface area contributed by atoms with Gasteiger partial charge in [0.15, 0.2) is 17.5 Å². The van der Waals surface area contributed by atoms with Crippen LogP contribution in [0.1, 0.15) is 31.4 Å². The molecule has 17 heavy (non-hydrogen) atoms. The molecule has 0 aliphatic carbocycles. The predicted octanol–water partition coefficient (Wildman–Crippen LogP) is 2.92. The van der Waals surface area contributed by atoms with Crippen molar-refractivity contribution in [2.45, 2.75) is 31.9 Å². The van der Waals surface area contributed by atoms with Gasteiger partial charge in [0.05, 0.1) is 6.10 Å². The summed E-state index contributed by atoms with van der Waals surface area (Å²) in [6.07, 6.45) is 1.06. The van der Waals surface area contributed by atoms with E-state index in [4.69, 9.17) is 10.5 Å². The highest BCUT2D eigenvalue weighted by molar-refractivity contribution is 5.23. The van der Waals surface area contributed by atoms with Gasteiger partial charge in [-0.05, 0) is 25.8 Å². The zero-order valence-corrected chi connectivity index (χ0v) is 9.84. The Morgan fingerprint density at radius 2 is 1.82 bits per heavy atom. The molecule has 2 unspecified atom stereocenters. The smallest absolute Gasteiger partial charge is 0.194 e. The van der Waals surface area contributed by atoms with E-state index < -0.39 is 23.5 Å². The number of methoxy groups -OCH3 is 1. The zero-order chi connectivity index (χ0) is 13.0. The molecule has 0 aromatic heterocycles. The van der Waals surface area contributed by atoms with Crippen LogP contribution in [0.5, 0.6) is 0 Å². The normalized spacial score (nSPS) is 14.7. The van der Waals surface area contributed by atoms with Crippen LogP contribution in [0.2, 0.25) is 0 Å². The van der Waals surface area contributed by atoms with Crippen molar-refractivity contribution in [3.8, 4) is 0 Å². The summed E-state index contributed by atoms with van der Waals surface area (Å²) in [5.74, 6) is -3.89. The maximum Gasteiger partial charge on any atom is 0.194 e. The maximum absolute atomic E-state index is 13.4. The lowest BCUT2D eigenvalue weighted by molar-refractivity contribution is 0.107. The molecule has 0 bridgehead atoms. The van der Waals surface area contributed by atoms with Gasteiger partial charge in [-0.25, -0.2) is 13.2 Å². The molecule has 0 radical (unpaired) electrons. The summed E-state index contributed by atoms with van der Waals surface area (Å²) in [7, 11) is 1.56. The summed E-state index contributed by atoms with van der Waals surface area (Å²) in [5, 5.41) is 0. The minimum atomic E-state index is -1.47. The van der Waals surface area contributed by atoms with Gasteiger partial charge in [-0.15, -0.1) is 0 Å². The molecule has 96 valence electrons. The highest BCUT2D eigenvalue weighted by atomic mass is 19.2. The van der Waals surface area contributed by atoms with E-state index in [1.165, 1.54) is 6.07 Å². The predicted molar refractivity (Wildman–Crippen MR) is 58.9 cm³/mol. The quantitative estimate of drug-likeness (QED) is 0.812. The largest absolute Gasteiger partial charge is 0.382 e. The Morgan fingerprint density at radius 1 is 1.18 bits per heavy atom. The highest BCUT2D eigenvalue weighted by Gasteiger charge is 2.18. The van der Waals surface area contributed by atoms with Crippen LogP contribution in [0.15, 0.2) is 12.1 Å². The third kappa shape index (κ3) is 3.44. The monoisotopic (exact) mass is 247 g/mol. The fraction of sp³-hybridized carbons (Fsp3) is 0.500. The van der Waals surface area contributed by atoms with Crippen LogP contribution < -0.4 is 5.73 Å². The van der Waals surface area contributed by atoms with Crippen molar-refractivity contribution in [1.82, 2.24) is 0 Å². The van der Waals surface area contributed by atoms with Crippen LogP contribution >= 0.6 is 0 Å². The molecular weight excluding hydrogens is 231 g/mol. The fourth-order valence-electron chi connectivity index (χ4n) is 1.51. The number of rotatable bonds is 5. The van der Waals surface area contributed by atoms with Crippen LogP contribution in [0.3, 0.4) is 0 Å². The molecule has 1 aromatic rings. The molecule has 0 saturated carbocycles. The van der Waals surface area contributed by atoms with E-state index in [0.29, 0.717) is 12.8 Å². The molecular formula is C12H16F3NO. The average Bonchev–Trinajstić information content (AvgIpc) is 2.32. The highest BCUT2D eigenvalue weighted by Crippen LogP contribution is 2.23. The van der Waals surface area contributed by atoms with Crippen molar-refractivity contribution in [3.05, 3.63) is 35.1 Å². The molecule has 1 rings (SSSR count). The molecule has 0 saturated heterocycles. The van der Waals surface area contributed by atoms with E-state index in [9.17, 15) is 13.2 Å². The molecule has 5 heteroatoms. The summed E-state index contributed by atoms with van der Waals surface area (Å²) in [6, 6.07) is 1.39. The molecule has 0 spiro atoms. The third-order valence-electron chi connectivity index (χ3n) is 2.75. The van der Waals surface area contributed by atoms with E-state index in [1.54, 1.807) is 7.11 Å². The summed E-state index contributed by atoms with van der Waals surface area (Å²) < 4.78 is 44.1. The molecule has 2 nitrogen and oxygen atoms in total. The second-order valence-corrected chi connectivity index (χ2v) is 3.99. The summed E-state index contributed by atoms with van der Waals surface area (Å²) in [5.41, 5.74) is 5.73. The molecule has 2 atom stereocenters. The van der Waals surface area contributed by atoms with Gasteiger partial charge in [0.1, 0.15) is 0 Å². The van der Waals surface area contributed by atoms with Gasteiger partial charge >= 0.3 is 0 Å². The van der Waals surface area contributed by atoms with Gasteiger partial charge in [0.2, 0.25) is 0 Å². The Balaban J connectivity index is 2.76. The minimum absolute atomic E-state index is 0.00518. The van der Waals surface area contributed by atoms with Gasteiger partial charge in [-0.2, -0.15) is 0 Å². The Morgan fingerprint density at radius 3 is 2.41 bits per heavy atom. The summed E-state index contributed by atoms with van der Waals surface area (Å²) >= 11 is 0. The van der Waals surface area contributed by atoms with E-state index in [0.717, 1.165) is 6.07 Å². The van der Waals surface area contributed by atoms with E-state index in [1.807, 2.05) is 6.92 Å². The van der Waals surface area contributed by atoms with Crippen LogP contribution in [0.4, 0.5) is 13.2 Å². The number of nitrogens with two attached hydrogens (primary N) is 1. The number of hydrogen-bond acceptors (Lipinski definition) is 2. The minimum Gasteiger partial charge on any atom is -0.382 e. The Bertz CT molecular complexity index is 384. The number of hydrogen-bond donors (Lipinski definition) is 1. The van der Waals surface area contributed by atoms with Crippen molar-refractivity contribution in [2.24, 2.45) is 5.73 Å². The van der Waals surface area contributed by atoms with Crippen molar-refractivity contribution < 1.29 is 17.9 Å². The fourth-order valence-corrected chi connectivity index (χ4v) is 1.51. The second-order valence-electron chi connectivity index (χ2n) is 3.99. The third-order valence-corrected chi connectivity index (χ3v) is 2.75. The average molecular weight is 247 g/mol. The first-order valence-electron chi connectivity index (χ1n) is 5.39. The Hall–Kier alpha value is -1.07. The van der Waals surface area contributed by atoms with Gasteiger partial charge in [0, 0.05) is 18.7 Å². The van der Waals surface area contributed by atoms with E-state index in [2.05, 4.69) is 0 Å². The number of ether oxygens (including phenoxy) is 1. The first-order chi connectivity index (χ1) is 7.97. The van der Waals surface area contributed by atoms with Crippen LogP contribution in [0.25, 0.3) is 0 Å². The Labute approximate surface area is 98.6 Å². The van der Waals surface area contributed by atoms with E-state index in [-0.39, 0.29) is 11.7 Å². The molecule has 0 amide bonds. The van der Waals surface area contributed by atoms with Crippen molar-refractivity contribution in [1.29, 1.82) is 0 Å². The standard InChI is InChI=1S/C12H16F3NO/c1-7(17-2)3-6-10(16)8-4-5-9(13)12(15)11(8)14/h4-5,7,10H,3,6,16H2,1-2H3. The van der Waals surface area contributed by atoms with Gasteiger partial charge in [-0.1, -0.05) is 6.07 Å². The lowest BCUT2D eigenvalue weighted by atomic mass is 10.0. The molecule has 2 N–H and O–H groups in total. The maximum atomic E-state index is 13.4. The van der Waals surface area contributed by atoms with Crippen molar-refractivity contribution in [2.75, 3.05) is 7.11 Å². The lowest BCUT2D eigenvalue weighted by Gasteiger charge is -2.16. The summed E-state index contributed by atoms with van der Waals surface area (Å²) in [4.78, 5) is 0. The summed E-state index contributed by atoms with van der Waals surface area (Å²) in [6.45, 7) is 1.86. The van der Waals surface area contributed by atoms with Crippen LogP contribution in [0, 0.1) is 17.5 Å². The molecule has 0 aliphatic rings. The van der Waals surface area contributed by atoms with Crippen molar-refractivity contribution >= 4 is 0 Å². The molecule has 0 fully saturated rings. The van der Waals surface area contributed by atoms with Gasteiger partial charge < -0.3 is 10.5 Å². The first-order valence-corrected chi connectivity index (χ1v) is 5.39. The number of benzene rings is 1. The first kappa shape index (κ1) is 14.0. The zero-order valence-electron chi connectivity index (χ0n) is 9.84. The van der Waals surface area contributed by atoms with Gasteiger partial charge in [0.25, 0.3) is 0 Å². The SMILES string of the molecule is COC(C)CCC(N)c1ccc(F)c(F)c1F. The topological polar surface area (TPSA) is 35.2 Å². The molecule has 0 aliphatic heterocycles. The lowest BCUT2D eigenvalue weighted by Crippen LogP contribution is -2.16. The van der Waals surface area contributed by atoms with Gasteiger partial charge in [-0.3, -0.25) is 0 Å². The van der Waals surface area contributed by atoms with Crippen LogP contribution in [-0.4, -0.2) is 13.2 Å². The number of halogens is 3. The van der Waals surface area contributed by atoms with E-state index >= 15 is 0 Å². The molecule has 1 aromatic carbocycles.